The summed E-state index contributed by atoms with van der Waals surface area (Å²) >= 11 is 0. The van der Waals surface area contributed by atoms with E-state index in [1.165, 1.54) is 0 Å². The third kappa shape index (κ3) is 5.21. The summed E-state index contributed by atoms with van der Waals surface area (Å²) in [6.45, 7) is 11.3. The van der Waals surface area contributed by atoms with Gasteiger partial charge in [0, 0.05) is 0 Å². The minimum absolute atomic E-state index is 0.418. The van der Waals surface area contributed by atoms with Crippen molar-refractivity contribution in [3.05, 3.63) is 36.6 Å². The summed E-state index contributed by atoms with van der Waals surface area (Å²) in [5.41, 5.74) is 7.75. The van der Waals surface area contributed by atoms with Gasteiger partial charge >= 0.3 is 0 Å². The zero-order valence-electron chi connectivity index (χ0n) is 9.84. The zero-order chi connectivity index (χ0) is 11.8. The summed E-state index contributed by atoms with van der Waals surface area (Å²) in [7, 11) is 0. The highest BCUT2D eigenvalue weighted by atomic mass is 14.6. The summed E-state index contributed by atoms with van der Waals surface area (Å²) in [5.74, 6) is 0.540. The third-order valence-electron chi connectivity index (χ3n) is 2.50. The van der Waals surface area contributed by atoms with Gasteiger partial charge in [-0.25, -0.2) is 0 Å². The lowest BCUT2D eigenvalue weighted by Crippen LogP contribution is -2.09. The number of hydrogen-bond acceptors (Lipinski definition) is 2. The minimum Gasteiger partial charge on any atom is -0.397 e. The monoisotopic (exact) mass is 206 g/mol. The van der Waals surface area contributed by atoms with E-state index in [0.29, 0.717) is 17.3 Å². The Morgan fingerprint density at radius 2 is 2.07 bits per heavy atom. The lowest BCUT2D eigenvalue weighted by Gasteiger charge is -2.09. The maximum Gasteiger partial charge on any atom is 0.0554 e. The number of nitrogens with two attached hydrogens (primary N) is 1. The van der Waals surface area contributed by atoms with Crippen molar-refractivity contribution in [2.75, 3.05) is 0 Å². The zero-order valence-corrected chi connectivity index (χ0v) is 9.84. The molecule has 0 aliphatic rings. The standard InChI is InChI=1S/C13H22N2/c1-5-10(3)8-7-9-12(6-2)13(15)11(4)14/h5-6,10,14H,1-2,7-9,15H2,3-4H3/b13-12-,14-11?. The van der Waals surface area contributed by atoms with E-state index in [9.17, 15) is 0 Å². The fourth-order valence-electron chi connectivity index (χ4n) is 1.32. The molecule has 2 nitrogen and oxygen atoms in total. The molecule has 0 aliphatic heterocycles. The molecule has 0 amide bonds. The van der Waals surface area contributed by atoms with E-state index < -0.39 is 0 Å². The van der Waals surface area contributed by atoms with Crippen LogP contribution in [0.1, 0.15) is 33.1 Å². The number of allylic oxidation sites excluding steroid dienone is 4. The van der Waals surface area contributed by atoms with E-state index in [1.54, 1.807) is 13.0 Å². The largest absolute Gasteiger partial charge is 0.397 e. The van der Waals surface area contributed by atoms with Gasteiger partial charge in [-0.3, -0.25) is 0 Å². The van der Waals surface area contributed by atoms with Crippen LogP contribution in [0.25, 0.3) is 0 Å². The Hall–Kier alpha value is -1.31. The number of rotatable bonds is 7. The lowest BCUT2D eigenvalue weighted by molar-refractivity contribution is 0.607. The molecule has 0 aromatic heterocycles. The van der Waals surface area contributed by atoms with Crippen molar-refractivity contribution < 1.29 is 0 Å². The van der Waals surface area contributed by atoms with Crippen molar-refractivity contribution in [2.45, 2.75) is 33.1 Å². The van der Waals surface area contributed by atoms with Crippen LogP contribution < -0.4 is 5.73 Å². The topological polar surface area (TPSA) is 49.9 Å². The molecule has 3 N–H and O–H groups in total. The van der Waals surface area contributed by atoms with Crippen LogP contribution in [0.5, 0.6) is 0 Å². The summed E-state index contributed by atoms with van der Waals surface area (Å²) in [6, 6.07) is 0. The van der Waals surface area contributed by atoms with Gasteiger partial charge in [0.2, 0.25) is 0 Å². The highest BCUT2D eigenvalue weighted by Crippen LogP contribution is 2.15. The first-order valence-electron chi connectivity index (χ1n) is 5.32. The summed E-state index contributed by atoms with van der Waals surface area (Å²) < 4.78 is 0. The molecule has 0 aromatic carbocycles. The molecule has 0 radical (unpaired) electrons. The maximum absolute atomic E-state index is 7.44. The van der Waals surface area contributed by atoms with E-state index in [0.717, 1.165) is 24.8 Å². The van der Waals surface area contributed by atoms with Gasteiger partial charge < -0.3 is 11.1 Å². The Bertz CT molecular complexity index is 274. The summed E-state index contributed by atoms with van der Waals surface area (Å²) in [5, 5.41) is 7.44. The molecule has 0 spiro atoms. The maximum atomic E-state index is 7.44. The smallest absolute Gasteiger partial charge is 0.0554 e. The number of hydrogen-bond donors (Lipinski definition) is 2. The molecule has 0 saturated carbocycles. The van der Waals surface area contributed by atoms with Gasteiger partial charge in [-0.15, -0.1) is 6.58 Å². The van der Waals surface area contributed by atoms with Gasteiger partial charge in [-0.2, -0.15) is 0 Å². The average molecular weight is 206 g/mol. The summed E-state index contributed by atoms with van der Waals surface area (Å²) in [4.78, 5) is 0. The van der Waals surface area contributed by atoms with Crippen LogP contribution in [0, 0.1) is 11.3 Å². The van der Waals surface area contributed by atoms with E-state index in [2.05, 4.69) is 20.1 Å². The average Bonchev–Trinajstić information content (AvgIpc) is 2.22. The van der Waals surface area contributed by atoms with Crippen molar-refractivity contribution in [1.29, 1.82) is 5.41 Å². The predicted octanol–water partition coefficient (Wildman–Crippen LogP) is 3.42. The molecule has 1 unspecified atom stereocenters. The molecule has 0 aliphatic carbocycles. The summed E-state index contributed by atoms with van der Waals surface area (Å²) in [6.07, 6.45) is 6.77. The van der Waals surface area contributed by atoms with Gasteiger partial charge in [0.1, 0.15) is 0 Å². The fourth-order valence-corrected chi connectivity index (χ4v) is 1.32. The molecule has 2 heteroatoms. The molecule has 0 saturated heterocycles. The first-order chi connectivity index (χ1) is 7.02. The Labute approximate surface area is 93.1 Å². The highest BCUT2D eigenvalue weighted by molar-refractivity contribution is 5.95. The Kier molecular flexibility index (Phi) is 6.43. The molecule has 0 bridgehead atoms. The van der Waals surface area contributed by atoms with Crippen LogP contribution in [0.4, 0.5) is 0 Å². The Morgan fingerprint density at radius 3 is 2.47 bits per heavy atom. The van der Waals surface area contributed by atoms with Gasteiger partial charge in [0.05, 0.1) is 11.4 Å². The lowest BCUT2D eigenvalue weighted by atomic mass is 9.99. The van der Waals surface area contributed by atoms with Crippen molar-refractivity contribution in [3.8, 4) is 0 Å². The Balaban J connectivity index is 4.24. The second-order valence-electron chi connectivity index (χ2n) is 3.87. The van der Waals surface area contributed by atoms with Crippen molar-refractivity contribution >= 4 is 5.71 Å². The van der Waals surface area contributed by atoms with E-state index in [4.69, 9.17) is 11.1 Å². The Morgan fingerprint density at radius 1 is 1.47 bits per heavy atom. The van der Waals surface area contributed by atoms with Crippen molar-refractivity contribution in [2.24, 2.45) is 11.7 Å². The van der Waals surface area contributed by atoms with Gasteiger partial charge in [0.25, 0.3) is 0 Å². The second-order valence-corrected chi connectivity index (χ2v) is 3.87. The molecule has 1 atom stereocenters. The van der Waals surface area contributed by atoms with E-state index >= 15 is 0 Å². The van der Waals surface area contributed by atoms with Crippen molar-refractivity contribution in [1.82, 2.24) is 0 Å². The normalized spacial score (nSPS) is 14.0. The molecule has 0 aromatic rings. The van der Waals surface area contributed by atoms with Crippen LogP contribution in [0.2, 0.25) is 0 Å². The SMILES string of the molecule is C=C/C(CCCC(C)C=C)=C(/N)C(C)=N. The van der Waals surface area contributed by atoms with Crippen LogP contribution in [-0.4, -0.2) is 5.71 Å². The molecule has 15 heavy (non-hydrogen) atoms. The van der Waals surface area contributed by atoms with Crippen LogP contribution in [0.15, 0.2) is 36.6 Å². The van der Waals surface area contributed by atoms with Crippen LogP contribution in [0.3, 0.4) is 0 Å². The predicted molar refractivity (Wildman–Crippen MR) is 68.0 cm³/mol. The molecule has 0 heterocycles. The van der Waals surface area contributed by atoms with Crippen molar-refractivity contribution in [3.63, 3.8) is 0 Å². The fraction of sp³-hybridized carbons (Fsp3) is 0.462. The van der Waals surface area contributed by atoms with E-state index in [1.807, 2.05) is 6.08 Å². The number of nitrogens with one attached hydrogen (secondary N) is 1. The highest BCUT2D eigenvalue weighted by Gasteiger charge is 2.03. The second kappa shape index (κ2) is 7.04. The van der Waals surface area contributed by atoms with Gasteiger partial charge in [0.15, 0.2) is 0 Å². The molecule has 0 fully saturated rings. The van der Waals surface area contributed by atoms with Crippen LogP contribution >= 0.6 is 0 Å². The molecule has 84 valence electrons. The third-order valence-corrected chi connectivity index (χ3v) is 2.50. The first kappa shape index (κ1) is 13.7. The minimum atomic E-state index is 0.418. The van der Waals surface area contributed by atoms with Crippen LogP contribution in [-0.2, 0) is 0 Å². The molecular weight excluding hydrogens is 184 g/mol. The van der Waals surface area contributed by atoms with Gasteiger partial charge in [-0.1, -0.05) is 25.7 Å². The van der Waals surface area contributed by atoms with E-state index in [-0.39, 0.29) is 0 Å². The molecular formula is C13H22N2. The van der Waals surface area contributed by atoms with Gasteiger partial charge in [-0.05, 0) is 37.7 Å². The first-order valence-corrected chi connectivity index (χ1v) is 5.32. The quantitative estimate of drug-likeness (QED) is 0.374. The molecule has 0 rings (SSSR count).